The van der Waals surface area contributed by atoms with Crippen molar-refractivity contribution >= 4 is 21.8 Å². The Morgan fingerprint density at radius 3 is 2.18 bits per heavy atom. The Hall–Kier alpha value is -2.34. The van der Waals surface area contributed by atoms with Crippen molar-refractivity contribution in [2.24, 2.45) is 5.41 Å². The van der Waals surface area contributed by atoms with Crippen molar-refractivity contribution in [2.75, 3.05) is 31.9 Å². The van der Waals surface area contributed by atoms with Crippen molar-refractivity contribution in [1.29, 1.82) is 0 Å². The van der Waals surface area contributed by atoms with Crippen LogP contribution in [-0.2, 0) is 21.1 Å². The zero-order valence-electron chi connectivity index (χ0n) is 20.8. The lowest BCUT2D eigenvalue weighted by molar-refractivity contribution is -0.116. The molecule has 0 N–H and O–H groups in total. The summed E-state index contributed by atoms with van der Waals surface area (Å²) in [6.45, 7) is 4.13. The van der Waals surface area contributed by atoms with Crippen LogP contribution in [0.2, 0.25) is 0 Å². The lowest BCUT2D eigenvalue weighted by atomic mass is 9.81. The van der Waals surface area contributed by atoms with Gasteiger partial charge in [-0.2, -0.15) is 0 Å². The molecule has 0 radical (unpaired) electrons. The van der Waals surface area contributed by atoms with Gasteiger partial charge < -0.3 is 14.4 Å². The fraction of sp³-hybridized carbons (Fsp3) is 0.536. The third-order valence-electron chi connectivity index (χ3n) is 6.21. The number of anilines is 1. The molecule has 0 aliphatic carbocycles. The van der Waals surface area contributed by atoms with Crippen molar-refractivity contribution in [1.82, 2.24) is 0 Å². The second-order valence-corrected chi connectivity index (χ2v) is 11.1. The number of sulfone groups is 1. The predicted octanol–water partition coefficient (Wildman–Crippen LogP) is 6.33. The number of methoxy groups -OCH3 is 1. The molecule has 0 aromatic heterocycles. The Morgan fingerprint density at radius 1 is 1.00 bits per heavy atom. The van der Waals surface area contributed by atoms with Crippen LogP contribution in [0, 0.1) is 5.41 Å². The van der Waals surface area contributed by atoms with E-state index in [0.29, 0.717) is 24.2 Å². The molecule has 0 aliphatic heterocycles. The average molecular weight is 490 g/mol. The van der Waals surface area contributed by atoms with Gasteiger partial charge in [-0.15, -0.1) is 0 Å². The minimum absolute atomic E-state index is 0. The number of carbonyl (C=O) groups excluding carboxylic acids is 1. The molecule has 0 spiro atoms. The van der Waals surface area contributed by atoms with Crippen LogP contribution in [0.3, 0.4) is 0 Å². The summed E-state index contributed by atoms with van der Waals surface area (Å²) in [4.78, 5) is 14.5. The first-order chi connectivity index (χ1) is 15.7. The van der Waals surface area contributed by atoms with E-state index in [9.17, 15) is 13.2 Å². The van der Waals surface area contributed by atoms with Gasteiger partial charge in [-0.25, -0.2) is 8.42 Å². The first kappa shape index (κ1) is 29.7. The van der Waals surface area contributed by atoms with Gasteiger partial charge in [0.15, 0.2) is 9.84 Å². The molecule has 0 atom stereocenters. The third kappa shape index (κ3) is 7.86. The van der Waals surface area contributed by atoms with Crippen LogP contribution in [0.4, 0.5) is 5.69 Å². The van der Waals surface area contributed by atoms with Gasteiger partial charge in [0.25, 0.3) is 0 Å². The molecule has 0 saturated heterocycles. The number of unbranched alkanes of at least 4 members (excludes halogenated alkanes) is 2. The highest BCUT2D eigenvalue weighted by Gasteiger charge is 2.36. The normalized spacial score (nSPS) is 11.6. The number of benzene rings is 2. The molecule has 0 amide bonds. The third-order valence-corrected chi connectivity index (χ3v) is 8.23. The van der Waals surface area contributed by atoms with Crippen molar-refractivity contribution < 1.29 is 17.9 Å². The monoisotopic (exact) mass is 489 g/mol. The average Bonchev–Trinajstić information content (AvgIpc) is 2.80. The van der Waals surface area contributed by atoms with Crippen LogP contribution in [0.5, 0.6) is 5.75 Å². The minimum Gasteiger partial charge on any atom is -0.497 e. The molecule has 0 bridgehead atoms. The highest BCUT2D eigenvalue weighted by atomic mass is 32.2. The molecule has 0 saturated carbocycles. The molecule has 5 nitrogen and oxygen atoms in total. The van der Waals surface area contributed by atoms with E-state index >= 15 is 0 Å². The van der Waals surface area contributed by atoms with Crippen LogP contribution in [0.25, 0.3) is 0 Å². The summed E-state index contributed by atoms with van der Waals surface area (Å²) in [5.74, 6) is 0.593. The maximum absolute atomic E-state index is 13.8. The zero-order valence-corrected chi connectivity index (χ0v) is 21.6. The molecule has 2 rings (SSSR count). The number of carbonyl (C=O) groups is 1. The molecular formula is C28H43NO4S. The van der Waals surface area contributed by atoms with E-state index < -0.39 is 15.3 Å². The Morgan fingerprint density at radius 2 is 1.65 bits per heavy atom. The molecule has 0 fully saturated rings. The fourth-order valence-electron chi connectivity index (χ4n) is 4.22. The maximum atomic E-state index is 13.8. The number of hydrogen-bond acceptors (Lipinski definition) is 5. The first-order valence-electron chi connectivity index (χ1n) is 11.8. The summed E-state index contributed by atoms with van der Waals surface area (Å²) in [6, 6.07) is 13.2. The van der Waals surface area contributed by atoms with Gasteiger partial charge in [-0.1, -0.05) is 59.1 Å². The van der Waals surface area contributed by atoms with Gasteiger partial charge in [-0.05, 0) is 60.7 Å². The van der Waals surface area contributed by atoms with E-state index in [2.05, 4.69) is 13.8 Å². The van der Waals surface area contributed by atoms with Crippen molar-refractivity contribution in [3.63, 3.8) is 0 Å². The maximum Gasteiger partial charge on any atom is 0.179 e. The molecule has 0 unspecified atom stereocenters. The number of rotatable bonds is 14. The van der Waals surface area contributed by atoms with E-state index in [1.807, 2.05) is 55.4 Å². The number of hydrogen-bond donors (Lipinski definition) is 0. The summed E-state index contributed by atoms with van der Waals surface area (Å²) >= 11 is 0. The van der Waals surface area contributed by atoms with Gasteiger partial charge in [0, 0.05) is 25.2 Å². The topological polar surface area (TPSA) is 63.7 Å². The Balaban J connectivity index is 0.00000578. The summed E-state index contributed by atoms with van der Waals surface area (Å²) in [6.07, 6.45) is 6.13. The first-order valence-corrected chi connectivity index (χ1v) is 13.5. The Labute approximate surface area is 207 Å². The molecule has 190 valence electrons. The molecule has 34 heavy (non-hydrogen) atoms. The van der Waals surface area contributed by atoms with Gasteiger partial charge in [-0.3, -0.25) is 0 Å². The van der Waals surface area contributed by atoms with Crippen molar-refractivity contribution in [3.8, 4) is 5.75 Å². The molecule has 0 heterocycles. The molecular weight excluding hydrogens is 446 g/mol. The van der Waals surface area contributed by atoms with E-state index in [4.69, 9.17) is 4.74 Å². The van der Waals surface area contributed by atoms with Crippen LogP contribution in [0.15, 0.2) is 47.4 Å². The standard InChI is InChI=1S/C27H39NO4S.CH4/c1-6-8-15-27(20-29,16-9-7-2)21-33(30,31)26-14-13-24(28(3)4)19-23(26)17-22-11-10-12-25(18-22)32-5;/h10-14,18-20H,6-9,15-17,21H2,1-5H3;1H4. The van der Waals surface area contributed by atoms with Crippen LogP contribution in [0.1, 0.15) is 70.9 Å². The van der Waals surface area contributed by atoms with E-state index in [1.165, 1.54) is 0 Å². The SMILES string of the molecule is C.CCCCC(C=O)(CCCC)CS(=O)(=O)c1ccc(N(C)C)cc1Cc1cccc(OC)c1. The van der Waals surface area contributed by atoms with E-state index in [-0.39, 0.29) is 13.2 Å². The molecule has 2 aromatic rings. The van der Waals surface area contributed by atoms with Crippen LogP contribution in [-0.4, -0.2) is 41.7 Å². The second kappa shape index (κ2) is 13.5. The zero-order chi connectivity index (χ0) is 24.5. The molecule has 2 aromatic carbocycles. The molecule has 0 aliphatic rings. The summed E-state index contributed by atoms with van der Waals surface area (Å²) in [7, 11) is 1.81. The second-order valence-electron chi connectivity index (χ2n) is 9.16. The van der Waals surface area contributed by atoms with Crippen molar-refractivity contribution in [2.45, 2.75) is 71.1 Å². The van der Waals surface area contributed by atoms with Crippen LogP contribution >= 0.6 is 0 Å². The van der Waals surface area contributed by atoms with Gasteiger partial charge >= 0.3 is 0 Å². The summed E-state index contributed by atoms with van der Waals surface area (Å²) in [5.41, 5.74) is 1.81. The number of nitrogens with zero attached hydrogens (tertiary/aromatic N) is 1. The Bertz CT molecular complexity index is 1010. The van der Waals surface area contributed by atoms with Gasteiger partial charge in [0.05, 0.1) is 17.8 Å². The predicted molar refractivity (Wildman–Crippen MR) is 143 cm³/mol. The minimum atomic E-state index is -3.68. The van der Waals surface area contributed by atoms with E-state index in [1.54, 1.807) is 13.2 Å². The van der Waals surface area contributed by atoms with E-state index in [0.717, 1.165) is 54.5 Å². The smallest absolute Gasteiger partial charge is 0.179 e. The quantitative estimate of drug-likeness (QED) is 0.290. The Kier molecular flexibility index (Phi) is 11.8. The lowest BCUT2D eigenvalue weighted by Gasteiger charge is -2.28. The lowest BCUT2D eigenvalue weighted by Crippen LogP contribution is -2.32. The van der Waals surface area contributed by atoms with Gasteiger partial charge in [0.1, 0.15) is 12.0 Å². The van der Waals surface area contributed by atoms with Gasteiger partial charge in [0.2, 0.25) is 0 Å². The molecule has 6 heteroatoms. The fourth-order valence-corrected chi connectivity index (χ4v) is 6.30. The number of aldehydes is 1. The summed E-state index contributed by atoms with van der Waals surface area (Å²) in [5, 5.41) is 0. The highest BCUT2D eigenvalue weighted by molar-refractivity contribution is 7.91. The highest BCUT2D eigenvalue weighted by Crippen LogP contribution is 2.35. The van der Waals surface area contributed by atoms with Crippen LogP contribution < -0.4 is 9.64 Å². The number of ether oxygens (including phenoxy) is 1. The summed E-state index contributed by atoms with van der Waals surface area (Å²) < 4.78 is 32.8. The van der Waals surface area contributed by atoms with Crippen molar-refractivity contribution in [3.05, 3.63) is 53.6 Å². The largest absolute Gasteiger partial charge is 0.497 e.